The van der Waals surface area contributed by atoms with Crippen molar-refractivity contribution in [3.63, 3.8) is 0 Å². The van der Waals surface area contributed by atoms with Crippen LogP contribution in [0.4, 0.5) is 0 Å². The van der Waals surface area contributed by atoms with E-state index in [4.69, 9.17) is 16.3 Å². The molecule has 1 heterocycles. The third-order valence-electron chi connectivity index (χ3n) is 2.42. The van der Waals surface area contributed by atoms with Crippen LogP contribution in [0.1, 0.15) is 17.3 Å². The van der Waals surface area contributed by atoms with Gasteiger partial charge in [0, 0.05) is 5.02 Å². The predicted molar refractivity (Wildman–Crippen MR) is 55.4 cm³/mol. The lowest BCUT2D eigenvalue weighted by Crippen LogP contribution is -2.32. The maximum absolute atomic E-state index is 11.9. The van der Waals surface area contributed by atoms with E-state index >= 15 is 0 Å². The number of hydrogen-bond acceptors (Lipinski definition) is 3. The number of Topliss-reactive ketones (excluding diaryl/α,β-unsaturated/α-hetero) is 2. The molecule has 3 nitrogen and oxygen atoms in total. The van der Waals surface area contributed by atoms with E-state index in [1.165, 1.54) is 13.0 Å². The molecule has 1 aliphatic rings. The first-order valence-electron chi connectivity index (χ1n) is 4.56. The van der Waals surface area contributed by atoms with Gasteiger partial charge in [-0.15, -0.1) is 0 Å². The minimum absolute atomic E-state index is 0.128. The molecule has 1 aliphatic heterocycles. The number of hydrogen-bond donors (Lipinski definition) is 0. The highest BCUT2D eigenvalue weighted by atomic mass is 35.5. The zero-order valence-electron chi connectivity index (χ0n) is 8.12. The number of carbonyl (C=O) groups is 2. The van der Waals surface area contributed by atoms with Gasteiger partial charge in [0.05, 0.1) is 5.56 Å². The zero-order chi connectivity index (χ0) is 11.0. The molecule has 0 aromatic heterocycles. The minimum atomic E-state index is -0.684. The molecule has 15 heavy (non-hydrogen) atoms. The van der Waals surface area contributed by atoms with Crippen LogP contribution in [-0.4, -0.2) is 18.2 Å². The van der Waals surface area contributed by atoms with Crippen LogP contribution in [0.2, 0.25) is 5.02 Å². The van der Waals surface area contributed by atoms with E-state index in [0.29, 0.717) is 16.3 Å². The predicted octanol–water partition coefficient (Wildman–Crippen LogP) is 2.12. The zero-order valence-corrected chi connectivity index (χ0v) is 8.88. The molecule has 0 spiro atoms. The molecule has 0 fully saturated rings. The van der Waals surface area contributed by atoms with E-state index in [1.807, 2.05) is 0 Å². The number of ketones is 2. The molecule has 2 rings (SSSR count). The number of halogens is 1. The van der Waals surface area contributed by atoms with Crippen LogP contribution in [0.3, 0.4) is 0 Å². The third kappa shape index (κ3) is 1.75. The standard InChI is InChI=1S/C11H9ClO3/c1-6(13)9-5-15-10-3-2-7(12)4-8(10)11(9)14/h2-4,9H,5H2,1H3. The second kappa shape index (κ2) is 3.66. The molecule has 0 aliphatic carbocycles. The Morgan fingerprint density at radius 3 is 2.93 bits per heavy atom. The molecule has 1 aromatic rings. The van der Waals surface area contributed by atoms with Crippen molar-refractivity contribution < 1.29 is 14.3 Å². The van der Waals surface area contributed by atoms with Crippen molar-refractivity contribution in [2.75, 3.05) is 6.61 Å². The smallest absolute Gasteiger partial charge is 0.180 e. The molecule has 0 saturated heterocycles. The van der Waals surface area contributed by atoms with Crippen molar-refractivity contribution in [3.05, 3.63) is 28.8 Å². The summed E-state index contributed by atoms with van der Waals surface area (Å²) in [6.07, 6.45) is 0. The molecule has 1 aromatic carbocycles. The number of carbonyl (C=O) groups excluding carboxylic acids is 2. The Bertz CT molecular complexity index is 439. The number of rotatable bonds is 1. The summed E-state index contributed by atoms with van der Waals surface area (Å²) >= 11 is 5.78. The molecule has 4 heteroatoms. The van der Waals surface area contributed by atoms with E-state index in [9.17, 15) is 9.59 Å². The molecule has 0 radical (unpaired) electrons. The van der Waals surface area contributed by atoms with Crippen molar-refractivity contribution in [3.8, 4) is 5.75 Å². The Morgan fingerprint density at radius 2 is 2.27 bits per heavy atom. The Morgan fingerprint density at radius 1 is 1.53 bits per heavy atom. The van der Waals surface area contributed by atoms with Crippen molar-refractivity contribution in [1.29, 1.82) is 0 Å². The van der Waals surface area contributed by atoms with Crippen molar-refractivity contribution in [1.82, 2.24) is 0 Å². The second-order valence-corrected chi connectivity index (χ2v) is 3.92. The fraction of sp³-hybridized carbons (Fsp3) is 0.273. The summed E-state index contributed by atoms with van der Waals surface area (Å²) in [5.74, 6) is -0.560. The van der Waals surface area contributed by atoms with Crippen LogP contribution in [0.25, 0.3) is 0 Å². The molecule has 78 valence electrons. The van der Waals surface area contributed by atoms with Gasteiger partial charge < -0.3 is 4.74 Å². The first-order valence-corrected chi connectivity index (χ1v) is 4.94. The Hall–Kier alpha value is -1.35. The molecule has 0 saturated carbocycles. The molecule has 0 N–H and O–H groups in total. The maximum atomic E-state index is 11.9. The highest BCUT2D eigenvalue weighted by molar-refractivity contribution is 6.31. The SMILES string of the molecule is CC(=O)C1COc2ccc(Cl)cc2C1=O. The fourth-order valence-electron chi connectivity index (χ4n) is 1.56. The molecule has 0 amide bonds. The first kappa shape index (κ1) is 10.2. The van der Waals surface area contributed by atoms with Crippen LogP contribution in [0, 0.1) is 5.92 Å². The highest BCUT2D eigenvalue weighted by Crippen LogP contribution is 2.29. The Kier molecular flexibility index (Phi) is 2.49. The normalized spacial score (nSPS) is 19.3. The number of benzene rings is 1. The van der Waals surface area contributed by atoms with E-state index in [2.05, 4.69) is 0 Å². The van der Waals surface area contributed by atoms with E-state index in [1.54, 1.807) is 12.1 Å². The van der Waals surface area contributed by atoms with Crippen LogP contribution in [0.5, 0.6) is 5.75 Å². The summed E-state index contributed by atoms with van der Waals surface area (Å²) in [5.41, 5.74) is 0.397. The van der Waals surface area contributed by atoms with Crippen LogP contribution < -0.4 is 4.74 Å². The van der Waals surface area contributed by atoms with Gasteiger partial charge in [-0.05, 0) is 25.1 Å². The van der Waals surface area contributed by atoms with Crippen molar-refractivity contribution in [2.45, 2.75) is 6.92 Å². The van der Waals surface area contributed by atoms with E-state index in [0.717, 1.165) is 0 Å². The lowest BCUT2D eigenvalue weighted by Gasteiger charge is -2.22. The third-order valence-corrected chi connectivity index (χ3v) is 2.65. The van der Waals surface area contributed by atoms with E-state index in [-0.39, 0.29) is 18.2 Å². The number of ether oxygens (including phenoxy) is 1. The quantitative estimate of drug-likeness (QED) is 0.687. The van der Waals surface area contributed by atoms with E-state index < -0.39 is 5.92 Å². The summed E-state index contributed by atoms with van der Waals surface area (Å²) in [6, 6.07) is 4.84. The highest BCUT2D eigenvalue weighted by Gasteiger charge is 2.31. The molecule has 1 atom stereocenters. The van der Waals surface area contributed by atoms with Gasteiger partial charge >= 0.3 is 0 Å². The molecular weight excluding hydrogens is 216 g/mol. The van der Waals surface area contributed by atoms with Gasteiger partial charge in [-0.1, -0.05) is 11.6 Å². The Balaban J connectivity index is 2.45. The van der Waals surface area contributed by atoms with Gasteiger partial charge in [-0.3, -0.25) is 9.59 Å². The average molecular weight is 225 g/mol. The molecule has 0 bridgehead atoms. The molecular formula is C11H9ClO3. The summed E-state index contributed by atoms with van der Waals surface area (Å²) in [7, 11) is 0. The maximum Gasteiger partial charge on any atom is 0.180 e. The largest absolute Gasteiger partial charge is 0.492 e. The lowest BCUT2D eigenvalue weighted by molar-refractivity contribution is -0.120. The summed E-state index contributed by atoms with van der Waals surface area (Å²) in [6.45, 7) is 1.52. The average Bonchev–Trinajstić information content (AvgIpc) is 2.19. The van der Waals surface area contributed by atoms with Gasteiger partial charge in [0.25, 0.3) is 0 Å². The van der Waals surface area contributed by atoms with Crippen LogP contribution >= 0.6 is 11.6 Å². The van der Waals surface area contributed by atoms with Crippen LogP contribution in [0.15, 0.2) is 18.2 Å². The topological polar surface area (TPSA) is 43.4 Å². The summed E-state index contributed by atoms with van der Waals surface area (Å²) in [4.78, 5) is 23.0. The van der Waals surface area contributed by atoms with Gasteiger partial charge in [0.1, 0.15) is 24.1 Å². The summed E-state index contributed by atoms with van der Waals surface area (Å²) in [5, 5.41) is 0.468. The van der Waals surface area contributed by atoms with Gasteiger partial charge in [0.15, 0.2) is 5.78 Å². The Labute approximate surface area is 92.0 Å². The first-order chi connectivity index (χ1) is 7.09. The lowest BCUT2D eigenvalue weighted by atomic mass is 9.92. The van der Waals surface area contributed by atoms with Gasteiger partial charge in [-0.2, -0.15) is 0 Å². The summed E-state index contributed by atoms with van der Waals surface area (Å²) < 4.78 is 5.32. The van der Waals surface area contributed by atoms with Crippen molar-refractivity contribution in [2.24, 2.45) is 5.92 Å². The second-order valence-electron chi connectivity index (χ2n) is 3.48. The number of fused-ring (bicyclic) bond motifs is 1. The monoisotopic (exact) mass is 224 g/mol. The minimum Gasteiger partial charge on any atom is -0.492 e. The van der Waals surface area contributed by atoms with Gasteiger partial charge in [-0.25, -0.2) is 0 Å². The van der Waals surface area contributed by atoms with Crippen molar-refractivity contribution >= 4 is 23.2 Å². The fourth-order valence-corrected chi connectivity index (χ4v) is 1.73. The van der Waals surface area contributed by atoms with Crippen LogP contribution in [-0.2, 0) is 4.79 Å². The van der Waals surface area contributed by atoms with Gasteiger partial charge in [0.2, 0.25) is 0 Å². The molecule has 1 unspecified atom stereocenters.